The zero-order valence-corrected chi connectivity index (χ0v) is 12.2. The molecule has 1 aromatic carbocycles. The van der Waals surface area contributed by atoms with Crippen molar-refractivity contribution in [1.29, 1.82) is 0 Å². The molecule has 0 aliphatic carbocycles. The highest BCUT2D eigenvalue weighted by molar-refractivity contribution is 5.88. The van der Waals surface area contributed by atoms with Crippen molar-refractivity contribution in [2.24, 2.45) is 0 Å². The minimum absolute atomic E-state index is 0.278. The second kappa shape index (κ2) is 7.85. The van der Waals surface area contributed by atoms with E-state index in [2.05, 4.69) is 18.7 Å². The molecule has 0 heterocycles. The van der Waals surface area contributed by atoms with Crippen LogP contribution in [0.15, 0.2) is 18.2 Å². The van der Waals surface area contributed by atoms with E-state index in [0.29, 0.717) is 18.8 Å². The molecule has 0 bridgehead atoms. The summed E-state index contributed by atoms with van der Waals surface area (Å²) in [5.41, 5.74) is 0.392. The SMILES string of the molecule is CCC(CC)N(CCOC)c1ccc(C(=O)O)c(F)c1. The smallest absolute Gasteiger partial charge is 0.338 e. The van der Waals surface area contributed by atoms with Crippen molar-refractivity contribution >= 4 is 11.7 Å². The predicted octanol–water partition coefficient (Wildman–Crippen LogP) is 3.17. The van der Waals surface area contributed by atoms with Crippen molar-refractivity contribution in [2.45, 2.75) is 32.7 Å². The molecule has 0 aliphatic heterocycles. The van der Waals surface area contributed by atoms with Gasteiger partial charge >= 0.3 is 5.97 Å². The Morgan fingerprint density at radius 3 is 2.50 bits per heavy atom. The van der Waals surface area contributed by atoms with E-state index >= 15 is 0 Å². The summed E-state index contributed by atoms with van der Waals surface area (Å²) in [6, 6.07) is 4.54. The Balaban J connectivity index is 3.06. The van der Waals surface area contributed by atoms with Gasteiger partial charge in [-0.2, -0.15) is 0 Å². The molecular formula is C15H22FNO3. The average Bonchev–Trinajstić information content (AvgIpc) is 2.43. The summed E-state index contributed by atoms with van der Waals surface area (Å²) in [4.78, 5) is 12.9. The Labute approximate surface area is 119 Å². The number of anilines is 1. The third kappa shape index (κ3) is 3.93. The Hall–Kier alpha value is -1.62. The van der Waals surface area contributed by atoms with Gasteiger partial charge in [-0.3, -0.25) is 0 Å². The molecule has 0 spiro atoms. The molecule has 0 atom stereocenters. The van der Waals surface area contributed by atoms with Gasteiger partial charge in [0.2, 0.25) is 0 Å². The van der Waals surface area contributed by atoms with Crippen molar-refractivity contribution < 1.29 is 19.0 Å². The summed E-state index contributed by atoms with van der Waals surface area (Å²) in [5, 5.41) is 8.86. The lowest BCUT2D eigenvalue weighted by Crippen LogP contribution is -2.37. The van der Waals surface area contributed by atoms with Gasteiger partial charge in [0.15, 0.2) is 0 Å². The van der Waals surface area contributed by atoms with Crippen molar-refractivity contribution in [3.8, 4) is 0 Å². The summed E-state index contributed by atoms with van der Waals surface area (Å²) in [7, 11) is 1.62. The van der Waals surface area contributed by atoms with Crippen LogP contribution in [0.25, 0.3) is 0 Å². The van der Waals surface area contributed by atoms with E-state index in [1.165, 1.54) is 12.1 Å². The highest BCUT2D eigenvalue weighted by atomic mass is 19.1. The van der Waals surface area contributed by atoms with Crippen LogP contribution in [0.3, 0.4) is 0 Å². The van der Waals surface area contributed by atoms with Crippen molar-refractivity contribution in [3.63, 3.8) is 0 Å². The number of methoxy groups -OCH3 is 1. The van der Waals surface area contributed by atoms with Crippen LogP contribution in [0.1, 0.15) is 37.0 Å². The van der Waals surface area contributed by atoms with E-state index < -0.39 is 11.8 Å². The molecule has 1 aromatic rings. The molecule has 0 radical (unpaired) electrons. The van der Waals surface area contributed by atoms with Gasteiger partial charge in [-0.1, -0.05) is 13.8 Å². The first kappa shape index (κ1) is 16.4. The molecule has 0 saturated carbocycles. The fourth-order valence-corrected chi connectivity index (χ4v) is 2.30. The van der Waals surface area contributed by atoms with Crippen LogP contribution >= 0.6 is 0 Å². The van der Waals surface area contributed by atoms with Crippen LogP contribution in [0, 0.1) is 5.82 Å². The molecule has 0 fully saturated rings. The molecule has 0 saturated heterocycles. The first-order valence-electron chi connectivity index (χ1n) is 6.83. The number of benzene rings is 1. The van der Waals surface area contributed by atoms with E-state index in [9.17, 15) is 9.18 Å². The fourth-order valence-electron chi connectivity index (χ4n) is 2.30. The summed E-state index contributed by atoms with van der Waals surface area (Å²) in [6.45, 7) is 5.35. The lowest BCUT2D eigenvalue weighted by molar-refractivity contribution is 0.0692. The highest BCUT2D eigenvalue weighted by Gasteiger charge is 2.18. The standard InChI is InChI=1S/C15H22FNO3/c1-4-11(5-2)17(8-9-20-3)12-6-7-13(15(18)19)14(16)10-12/h6-7,10-11H,4-5,8-9H2,1-3H3,(H,18,19). The number of ether oxygens (including phenoxy) is 1. The lowest BCUT2D eigenvalue weighted by atomic mass is 10.1. The quantitative estimate of drug-likeness (QED) is 0.796. The van der Waals surface area contributed by atoms with E-state index in [0.717, 1.165) is 12.8 Å². The minimum atomic E-state index is -1.25. The maximum absolute atomic E-state index is 13.8. The number of nitrogens with zero attached hydrogens (tertiary/aromatic N) is 1. The molecule has 0 aliphatic rings. The van der Waals surface area contributed by atoms with Gasteiger partial charge in [-0.05, 0) is 31.0 Å². The van der Waals surface area contributed by atoms with Gasteiger partial charge in [0, 0.05) is 25.4 Å². The number of aromatic carboxylic acids is 1. The number of carbonyl (C=O) groups is 1. The van der Waals surface area contributed by atoms with Gasteiger partial charge in [0.05, 0.1) is 12.2 Å². The number of halogens is 1. The Kier molecular flexibility index (Phi) is 6.45. The number of hydrogen-bond donors (Lipinski definition) is 1. The second-order valence-electron chi connectivity index (χ2n) is 4.63. The first-order chi connectivity index (χ1) is 9.54. The minimum Gasteiger partial charge on any atom is -0.478 e. The zero-order chi connectivity index (χ0) is 15.1. The fraction of sp³-hybridized carbons (Fsp3) is 0.533. The van der Waals surface area contributed by atoms with Gasteiger partial charge in [0.25, 0.3) is 0 Å². The number of hydrogen-bond acceptors (Lipinski definition) is 3. The highest BCUT2D eigenvalue weighted by Crippen LogP contribution is 2.23. The van der Waals surface area contributed by atoms with Crippen molar-refractivity contribution in [1.82, 2.24) is 0 Å². The molecule has 20 heavy (non-hydrogen) atoms. The topological polar surface area (TPSA) is 49.8 Å². The Morgan fingerprint density at radius 2 is 2.05 bits per heavy atom. The Morgan fingerprint density at radius 1 is 1.40 bits per heavy atom. The average molecular weight is 283 g/mol. The lowest BCUT2D eigenvalue weighted by Gasteiger charge is -2.32. The van der Waals surface area contributed by atoms with Crippen molar-refractivity contribution in [3.05, 3.63) is 29.6 Å². The predicted molar refractivity (Wildman–Crippen MR) is 77.0 cm³/mol. The maximum atomic E-state index is 13.8. The van der Waals surface area contributed by atoms with Crippen LogP contribution in [0.4, 0.5) is 10.1 Å². The van der Waals surface area contributed by atoms with Gasteiger partial charge in [0.1, 0.15) is 5.82 Å². The third-order valence-corrected chi connectivity index (χ3v) is 3.43. The monoisotopic (exact) mass is 283 g/mol. The van der Waals surface area contributed by atoms with Crippen LogP contribution in [0.5, 0.6) is 0 Å². The maximum Gasteiger partial charge on any atom is 0.338 e. The van der Waals surface area contributed by atoms with Crippen LogP contribution in [0.2, 0.25) is 0 Å². The molecule has 0 aromatic heterocycles. The van der Waals surface area contributed by atoms with Crippen LogP contribution < -0.4 is 4.90 Å². The molecule has 1 N–H and O–H groups in total. The van der Waals surface area contributed by atoms with E-state index in [4.69, 9.17) is 9.84 Å². The van der Waals surface area contributed by atoms with E-state index in [1.807, 2.05) is 0 Å². The molecular weight excluding hydrogens is 261 g/mol. The molecule has 0 unspecified atom stereocenters. The summed E-state index contributed by atoms with van der Waals surface area (Å²) in [6.07, 6.45) is 1.87. The Bertz CT molecular complexity index is 447. The molecule has 1 rings (SSSR count). The first-order valence-corrected chi connectivity index (χ1v) is 6.83. The van der Waals surface area contributed by atoms with Crippen LogP contribution in [-0.4, -0.2) is 37.4 Å². The molecule has 4 nitrogen and oxygen atoms in total. The van der Waals surface area contributed by atoms with E-state index in [-0.39, 0.29) is 11.6 Å². The zero-order valence-electron chi connectivity index (χ0n) is 12.2. The summed E-state index contributed by atoms with van der Waals surface area (Å²) in [5.74, 6) is -1.96. The van der Waals surface area contributed by atoms with Gasteiger partial charge in [-0.15, -0.1) is 0 Å². The van der Waals surface area contributed by atoms with E-state index in [1.54, 1.807) is 13.2 Å². The van der Waals surface area contributed by atoms with Crippen LogP contribution in [-0.2, 0) is 4.74 Å². The number of rotatable bonds is 8. The number of carboxylic acids is 1. The molecule has 112 valence electrons. The largest absolute Gasteiger partial charge is 0.478 e. The molecule has 5 heteroatoms. The summed E-state index contributed by atoms with van der Waals surface area (Å²) >= 11 is 0. The normalized spacial score (nSPS) is 10.8. The third-order valence-electron chi connectivity index (χ3n) is 3.43. The van der Waals surface area contributed by atoms with Gasteiger partial charge < -0.3 is 14.7 Å². The van der Waals surface area contributed by atoms with Gasteiger partial charge in [-0.25, -0.2) is 9.18 Å². The van der Waals surface area contributed by atoms with Crippen molar-refractivity contribution in [2.75, 3.05) is 25.2 Å². The number of carboxylic acid groups (broad SMARTS) is 1. The second-order valence-corrected chi connectivity index (χ2v) is 4.63. The summed E-state index contributed by atoms with van der Waals surface area (Å²) < 4.78 is 18.9. The molecule has 0 amide bonds.